The number of halogens is 1. The molecule has 1 saturated heterocycles. The average molecular weight is 439 g/mol. The number of anilines is 2. The first-order chi connectivity index (χ1) is 14.1. The van der Waals surface area contributed by atoms with E-state index < -0.39 is 18.0 Å². The molecule has 166 valence electrons. The molecule has 1 aromatic carbocycles. The fraction of sp³-hybridized carbons (Fsp3) is 0.571. The molecule has 1 heterocycles. The Kier molecular flexibility index (Phi) is 8.34. The molecular weight excluding hydrogens is 408 g/mol. The van der Waals surface area contributed by atoms with E-state index in [1.165, 1.54) is 0 Å². The summed E-state index contributed by atoms with van der Waals surface area (Å²) >= 11 is 6.43. The van der Waals surface area contributed by atoms with Gasteiger partial charge in [0.25, 0.3) is 0 Å². The zero-order chi connectivity index (χ0) is 22.4. The van der Waals surface area contributed by atoms with Gasteiger partial charge in [-0.15, -0.1) is 0 Å². The summed E-state index contributed by atoms with van der Waals surface area (Å²) in [6.45, 7) is 10.2. The van der Waals surface area contributed by atoms with Gasteiger partial charge in [0, 0.05) is 37.8 Å². The lowest BCUT2D eigenvalue weighted by Crippen LogP contribution is -2.50. The second-order valence-electron chi connectivity index (χ2n) is 8.25. The van der Waals surface area contributed by atoms with Gasteiger partial charge in [-0.2, -0.15) is 0 Å². The summed E-state index contributed by atoms with van der Waals surface area (Å²) in [6, 6.07) is 3.64. The highest BCUT2D eigenvalue weighted by atomic mass is 35.5. The minimum absolute atomic E-state index is 0.0158. The van der Waals surface area contributed by atoms with Gasteiger partial charge in [0.2, 0.25) is 5.91 Å². The van der Waals surface area contributed by atoms with Crippen LogP contribution in [-0.4, -0.2) is 60.1 Å². The number of hydrogen-bond acceptors (Lipinski definition) is 4. The first-order valence-electron chi connectivity index (χ1n) is 10.2. The van der Waals surface area contributed by atoms with Crippen LogP contribution < -0.4 is 15.5 Å². The molecule has 1 aromatic rings. The van der Waals surface area contributed by atoms with Gasteiger partial charge >= 0.3 is 12.0 Å². The van der Waals surface area contributed by atoms with Gasteiger partial charge in [0.05, 0.1) is 10.7 Å². The lowest BCUT2D eigenvalue weighted by molar-refractivity contribution is -0.139. The SMILES string of the molecule is CC(C)CC(NC(=O)Nc1ccc(N2CCN(C(=O)C(C)C)CC2)c(Cl)c1)C(=O)O. The van der Waals surface area contributed by atoms with Crippen LogP contribution in [0.15, 0.2) is 18.2 Å². The maximum atomic E-state index is 12.2. The lowest BCUT2D eigenvalue weighted by Gasteiger charge is -2.37. The number of nitrogens with zero attached hydrogens (tertiary/aromatic N) is 2. The fourth-order valence-corrected chi connectivity index (χ4v) is 3.69. The summed E-state index contributed by atoms with van der Waals surface area (Å²) in [5.41, 5.74) is 1.31. The van der Waals surface area contributed by atoms with E-state index in [0.29, 0.717) is 43.3 Å². The highest BCUT2D eigenvalue weighted by Gasteiger charge is 2.24. The monoisotopic (exact) mass is 438 g/mol. The predicted molar refractivity (Wildman–Crippen MR) is 118 cm³/mol. The predicted octanol–water partition coefficient (Wildman–Crippen LogP) is 3.27. The summed E-state index contributed by atoms with van der Waals surface area (Å²) in [7, 11) is 0. The third-order valence-corrected chi connectivity index (χ3v) is 5.24. The van der Waals surface area contributed by atoms with E-state index >= 15 is 0 Å². The average Bonchev–Trinajstić information content (AvgIpc) is 2.66. The Hall–Kier alpha value is -2.48. The molecule has 8 nitrogen and oxygen atoms in total. The normalized spacial score (nSPS) is 15.3. The number of carboxylic acids is 1. The van der Waals surface area contributed by atoms with Crippen LogP contribution in [0.5, 0.6) is 0 Å². The summed E-state index contributed by atoms with van der Waals surface area (Å²) in [5.74, 6) is -0.792. The zero-order valence-electron chi connectivity index (χ0n) is 17.9. The van der Waals surface area contributed by atoms with E-state index in [9.17, 15) is 19.5 Å². The first-order valence-corrected chi connectivity index (χ1v) is 10.6. The second kappa shape index (κ2) is 10.5. The highest BCUT2D eigenvalue weighted by Crippen LogP contribution is 2.30. The molecule has 3 N–H and O–H groups in total. The van der Waals surface area contributed by atoms with Crippen LogP contribution in [0.1, 0.15) is 34.1 Å². The smallest absolute Gasteiger partial charge is 0.326 e. The van der Waals surface area contributed by atoms with Gasteiger partial charge in [-0.3, -0.25) is 4.79 Å². The van der Waals surface area contributed by atoms with Crippen LogP contribution in [-0.2, 0) is 9.59 Å². The Bertz CT molecular complexity index is 776. The number of urea groups is 1. The number of carbonyl (C=O) groups is 3. The molecular formula is C21H31ClN4O4. The molecule has 0 saturated carbocycles. The summed E-state index contributed by atoms with van der Waals surface area (Å²) < 4.78 is 0. The summed E-state index contributed by atoms with van der Waals surface area (Å²) in [5, 5.41) is 14.8. The standard InChI is InChI=1S/C21H31ClN4O4/c1-13(2)11-17(20(28)29)24-21(30)23-15-5-6-18(16(22)12-15)25-7-9-26(10-8-25)19(27)14(3)4/h5-6,12-14,17H,7-11H2,1-4H3,(H,28,29)(H2,23,24,30). The van der Waals surface area contributed by atoms with Crippen LogP contribution >= 0.6 is 11.6 Å². The van der Waals surface area contributed by atoms with Crippen molar-refractivity contribution >= 4 is 40.9 Å². The van der Waals surface area contributed by atoms with Gasteiger partial charge in [0.1, 0.15) is 6.04 Å². The van der Waals surface area contributed by atoms with Crippen LogP contribution in [0.2, 0.25) is 5.02 Å². The Morgan fingerprint density at radius 2 is 1.73 bits per heavy atom. The maximum Gasteiger partial charge on any atom is 0.326 e. The van der Waals surface area contributed by atoms with E-state index in [0.717, 1.165) is 5.69 Å². The minimum Gasteiger partial charge on any atom is -0.480 e. The molecule has 0 radical (unpaired) electrons. The quantitative estimate of drug-likeness (QED) is 0.606. The largest absolute Gasteiger partial charge is 0.480 e. The van der Waals surface area contributed by atoms with Crippen molar-refractivity contribution in [1.29, 1.82) is 0 Å². The van der Waals surface area contributed by atoms with E-state index in [4.69, 9.17) is 11.6 Å². The Labute approximate surface area is 182 Å². The molecule has 9 heteroatoms. The highest BCUT2D eigenvalue weighted by molar-refractivity contribution is 6.33. The molecule has 2 rings (SSSR count). The van der Waals surface area contributed by atoms with Crippen LogP contribution in [0.25, 0.3) is 0 Å². The van der Waals surface area contributed by atoms with Gasteiger partial charge in [-0.1, -0.05) is 39.3 Å². The molecule has 1 atom stereocenters. The molecule has 1 aliphatic heterocycles. The maximum absolute atomic E-state index is 12.2. The van der Waals surface area contributed by atoms with Gasteiger partial charge in [0.15, 0.2) is 0 Å². The molecule has 1 aliphatic rings. The summed E-state index contributed by atoms with van der Waals surface area (Å²) in [6.07, 6.45) is 0.341. The van der Waals surface area contributed by atoms with Gasteiger partial charge in [-0.05, 0) is 30.5 Å². The van der Waals surface area contributed by atoms with E-state index in [1.807, 2.05) is 38.7 Å². The fourth-order valence-electron chi connectivity index (χ4n) is 3.39. The Balaban J connectivity index is 1.96. The van der Waals surface area contributed by atoms with Crippen molar-refractivity contribution in [3.8, 4) is 0 Å². The molecule has 1 fully saturated rings. The summed E-state index contributed by atoms with van der Waals surface area (Å²) in [4.78, 5) is 39.6. The number of amides is 3. The molecule has 0 aliphatic carbocycles. The van der Waals surface area contributed by atoms with E-state index in [-0.39, 0.29) is 17.7 Å². The Morgan fingerprint density at radius 3 is 2.23 bits per heavy atom. The molecule has 0 spiro atoms. The third-order valence-electron chi connectivity index (χ3n) is 4.94. The van der Waals surface area contributed by atoms with Crippen molar-refractivity contribution in [2.75, 3.05) is 36.4 Å². The molecule has 0 bridgehead atoms. The molecule has 3 amide bonds. The van der Waals surface area contributed by atoms with Crippen molar-refractivity contribution in [3.63, 3.8) is 0 Å². The van der Waals surface area contributed by atoms with Crippen molar-refractivity contribution in [2.24, 2.45) is 11.8 Å². The molecule has 30 heavy (non-hydrogen) atoms. The van der Waals surface area contributed by atoms with Gasteiger partial charge < -0.3 is 25.5 Å². The van der Waals surface area contributed by atoms with Crippen LogP contribution in [0.4, 0.5) is 16.2 Å². The van der Waals surface area contributed by atoms with Crippen molar-refractivity contribution in [2.45, 2.75) is 40.2 Å². The number of rotatable bonds is 7. The molecule has 0 aromatic heterocycles. The number of piperazine rings is 1. The van der Waals surface area contributed by atoms with E-state index in [2.05, 4.69) is 15.5 Å². The van der Waals surface area contributed by atoms with Crippen LogP contribution in [0.3, 0.4) is 0 Å². The van der Waals surface area contributed by atoms with Gasteiger partial charge in [-0.25, -0.2) is 9.59 Å². The Morgan fingerprint density at radius 1 is 1.10 bits per heavy atom. The van der Waals surface area contributed by atoms with Crippen molar-refractivity contribution < 1.29 is 19.5 Å². The molecule has 1 unspecified atom stereocenters. The number of carboxylic acid groups (broad SMARTS) is 1. The van der Waals surface area contributed by atoms with Crippen molar-refractivity contribution in [1.82, 2.24) is 10.2 Å². The number of benzene rings is 1. The number of nitrogens with one attached hydrogen (secondary N) is 2. The minimum atomic E-state index is -1.07. The number of carbonyl (C=O) groups excluding carboxylic acids is 2. The number of aliphatic carboxylic acids is 1. The zero-order valence-corrected chi connectivity index (χ0v) is 18.7. The lowest BCUT2D eigenvalue weighted by atomic mass is 10.0. The van der Waals surface area contributed by atoms with Crippen molar-refractivity contribution in [3.05, 3.63) is 23.2 Å². The van der Waals surface area contributed by atoms with E-state index in [1.54, 1.807) is 12.1 Å². The first kappa shape index (κ1) is 23.8. The topological polar surface area (TPSA) is 102 Å². The third kappa shape index (κ3) is 6.52. The number of hydrogen-bond donors (Lipinski definition) is 3. The second-order valence-corrected chi connectivity index (χ2v) is 8.66. The van der Waals surface area contributed by atoms with Crippen LogP contribution in [0, 0.1) is 11.8 Å².